The molecule has 46 heteroatoms. The van der Waals surface area contributed by atoms with E-state index in [1.54, 1.807) is 37.4 Å². The van der Waals surface area contributed by atoms with Crippen LogP contribution in [0.3, 0.4) is 0 Å². The van der Waals surface area contributed by atoms with Gasteiger partial charge in [-0.25, -0.2) is 61.9 Å². The fraction of sp³-hybridized carbons (Fsp3) is 0.134. The first-order valence-electron chi connectivity index (χ1n) is 35.3. The van der Waals surface area contributed by atoms with E-state index >= 15 is 0 Å². The van der Waals surface area contributed by atoms with Crippen LogP contribution in [0.2, 0.25) is 25.1 Å². The predicted molar refractivity (Wildman–Crippen MR) is 485 cm³/mol. The number of nitrogen functional groups attached to an aromatic ring is 1. The standard InChI is InChI=1S/C22H20ClNO6S.C21H18ClNO6S.C13H13NO.C9H8Cl2O5S.C7H4Cl2O5S.C7H5ClO3.C3H7N.ClHO3S/c1-28-19-10-9-15(14-7-5-4-6-8-14)12-18(19)24-31(26,27)20-13-16(22(25)30-3)11-17(23)21(20)29-2;1-28-18-9-8-14(13-6-4-3-5-7-13)11-17(18)23-30(26,27)19-12-15(21(24)25)10-16(22)20(19)29-2;1-15-13-8-7-11(9-12(13)14)10-5-3-2-4-6-10;1-15-8-6(10)3-5(9(12)16-2)4-7(8)17(11,13)14;8-4-1-3(7(11)12)2-5(6(4)10)15(9,13)14;8-5-3-4(7(10)11)1-2-6(5)9;1-2-4-3-1;1-4-5(2)3/h4-13,24H,1-3H3;3-12,23H,1-2H3,(H,24,25);2-9H,14H2,1H3;3-4H,1-2H3;1-2,10H,(H,11,12);1-3,9H,(H,10,11);4H,1-3H2;(H,2,3)/p-1. The summed E-state index contributed by atoms with van der Waals surface area (Å²) in [7, 11) is 3.98. The molecule has 33 nitrogen and oxygen atoms in total. The highest BCUT2D eigenvalue weighted by molar-refractivity contribution is 8.14. The van der Waals surface area contributed by atoms with Gasteiger partial charge in [0.15, 0.2) is 23.0 Å². The van der Waals surface area contributed by atoms with Crippen molar-refractivity contribution >= 4 is 188 Å². The Morgan fingerprint density at radius 3 is 1.01 bits per heavy atom. The van der Waals surface area contributed by atoms with Crippen LogP contribution in [-0.2, 0) is 62.7 Å². The third-order valence-electron chi connectivity index (χ3n) is 16.5. The lowest BCUT2D eigenvalue weighted by Gasteiger charge is -2.16. The maximum atomic E-state index is 13.3. The molecule has 11 aromatic carbocycles. The van der Waals surface area contributed by atoms with Gasteiger partial charge in [0.1, 0.15) is 53.9 Å². The van der Waals surface area contributed by atoms with Gasteiger partial charge in [0.2, 0.25) is 0 Å². The topological polar surface area (TPSA) is 508 Å². The number of esters is 2. The van der Waals surface area contributed by atoms with Gasteiger partial charge in [0.05, 0.1) is 139 Å². The number of hydrogen-bond acceptors (Lipinski definition) is 28. The summed E-state index contributed by atoms with van der Waals surface area (Å²) in [5.41, 5.74) is 11.8. The van der Waals surface area contributed by atoms with Crippen molar-refractivity contribution < 1.29 is 134 Å². The van der Waals surface area contributed by atoms with Gasteiger partial charge >= 0.3 is 29.8 Å². The summed E-state index contributed by atoms with van der Waals surface area (Å²) in [5.74, 6) is -5.15. The average Bonchev–Trinajstić information content (AvgIpc) is 0.785. The zero-order valence-corrected chi connectivity index (χ0v) is 77.6. The summed E-state index contributed by atoms with van der Waals surface area (Å²) in [4.78, 5) is 53.7. The Labute approximate surface area is 776 Å². The number of carboxylic acid groups (broad SMARTS) is 3. The minimum absolute atomic E-state index is 0.0290. The number of halogens is 8. The van der Waals surface area contributed by atoms with E-state index in [-0.39, 0.29) is 97.8 Å². The van der Waals surface area contributed by atoms with Crippen molar-refractivity contribution in [2.24, 2.45) is 0 Å². The molecule has 10 N–H and O–H groups in total. The first-order valence-corrected chi connectivity index (χ1v) is 46.1. The number of ether oxygens (including phenoxy) is 8. The highest BCUT2D eigenvalue weighted by Crippen LogP contribution is 2.42. The number of benzene rings is 11. The molecule has 0 aromatic heterocycles. The number of phenols is 2. The van der Waals surface area contributed by atoms with Crippen LogP contribution in [0.15, 0.2) is 232 Å². The second-order valence-corrected chi connectivity index (χ2v) is 36.0. The molecule has 0 amide bonds. The van der Waals surface area contributed by atoms with Gasteiger partial charge in [-0.3, -0.25) is 9.44 Å². The van der Waals surface area contributed by atoms with E-state index in [2.05, 4.69) is 52.0 Å². The minimum Gasteiger partial charge on any atom is -0.749 e. The molecule has 1 fully saturated rings. The van der Waals surface area contributed by atoms with Crippen molar-refractivity contribution in [1.82, 2.24) is 5.32 Å². The van der Waals surface area contributed by atoms with Crippen LogP contribution in [0.5, 0.6) is 46.0 Å². The van der Waals surface area contributed by atoms with Crippen molar-refractivity contribution in [3.63, 3.8) is 0 Å². The Bertz CT molecular complexity index is 6280. The molecule has 12 rings (SSSR count). The average molecular weight is 2020 g/mol. The molecule has 1 aliphatic rings. The first-order chi connectivity index (χ1) is 60.3. The number of anilines is 3. The number of methoxy groups -OCH3 is 8. The predicted octanol–water partition coefficient (Wildman–Crippen LogP) is 17.5. The van der Waals surface area contributed by atoms with E-state index in [0.29, 0.717) is 11.4 Å². The smallest absolute Gasteiger partial charge is 0.337 e. The van der Waals surface area contributed by atoms with Crippen molar-refractivity contribution in [2.75, 3.05) is 85.1 Å². The van der Waals surface area contributed by atoms with Gasteiger partial charge in [0.25, 0.3) is 38.1 Å². The lowest BCUT2D eigenvalue weighted by atomic mass is 10.1. The number of carbonyl (C=O) groups is 5. The number of carbonyl (C=O) groups excluding carboxylic acids is 2. The fourth-order valence-corrected chi connectivity index (χ4v) is 16.4. The molecule has 0 aliphatic carbocycles. The molecule has 1 heterocycles. The zero-order chi connectivity index (χ0) is 95.7. The highest BCUT2D eigenvalue weighted by atomic mass is 35.7. The van der Waals surface area contributed by atoms with Crippen LogP contribution in [0.4, 0.5) is 17.1 Å². The van der Waals surface area contributed by atoms with Gasteiger partial charge in [-0.05, 0) is 156 Å². The van der Waals surface area contributed by atoms with Crippen LogP contribution in [-0.4, -0.2) is 168 Å². The second-order valence-electron chi connectivity index (χ2n) is 24.7. The Morgan fingerprint density at radius 2 is 0.703 bits per heavy atom. The lowest BCUT2D eigenvalue weighted by molar-refractivity contribution is 0.0591. The first kappa shape index (κ1) is 107. The Balaban J connectivity index is 0.000000276. The maximum absolute atomic E-state index is 13.3. The highest BCUT2D eigenvalue weighted by Gasteiger charge is 2.30. The molecule has 0 spiro atoms. The monoisotopic (exact) mass is 2020 g/mol. The van der Waals surface area contributed by atoms with E-state index in [1.165, 1.54) is 92.5 Å². The summed E-state index contributed by atoms with van der Waals surface area (Å²) in [6.07, 6.45) is 1.39. The van der Waals surface area contributed by atoms with Gasteiger partial charge in [-0.15, -0.1) is 0 Å². The van der Waals surface area contributed by atoms with E-state index < -0.39 is 99.9 Å². The molecular weight excluding hydrogens is 1950 g/mol. The maximum Gasteiger partial charge on any atom is 0.337 e. The molecule has 11 aromatic rings. The largest absolute Gasteiger partial charge is 0.749 e. The van der Waals surface area contributed by atoms with E-state index in [9.17, 15) is 67.9 Å². The van der Waals surface area contributed by atoms with Gasteiger partial charge in [-0.1, -0.05) is 167 Å². The second kappa shape index (κ2) is 50.5. The molecule has 1 aliphatic heterocycles. The molecule has 128 heavy (non-hydrogen) atoms. The van der Waals surface area contributed by atoms with Crippen LogP contribution in [0.1, 0.15) is 58.2 Å². The van der Waals surface area contributed by atoms with Crippen molar-refractivity contribution in [1.29, 1.82) is 0 Å². The molecule has 1 atom stereocenters. The summed E-state index contributed by atoms with van der Waals surface area (Å²) in [5, 5.41) is 47.0. The molecular formula is C82H75Cl8N4O29S5-. The number of sulfonamides is 2. The molecule has 684 valence electrons. The fourth-order valence-electron chi connectivity index (χ4n) is 10.3. The number of phenolic OH excluding ortho intramolecular Hbond substituents is 2. The molecule has 0 saturated carbocycles. The molecule has 0 bridgehead atoms. The number of rotatable bonds is 23. The Hall–Kier alpha value is -11.3. The minimum atomic E-state index is -4.27. The Kier molecular flexibility index (Phi) is 42.3. The quantitative estimate of drug-likeness (QED) is 0.0124. The molecule has 1 unspecified atom stereocenters. The van der Waals surface area contributed by atoms with Crippen LogP contribution in [0, 0.1) is 0 Å². The number of nitrogens with two attached hydrogens (primary N) is 1. The number of aromatic carboxylic acids is 3. The normalized spacial score (nSPS) is 11.4. The number of hydrogen-bond donors (Lipinski definition) is 9. The molecule has 0 radical (unpaired) electrons. The van der Waals surface area contributed by atoms with Crippen LogP contribution >= 0.6 is 91.2 Å². The summed E-state index contributed by atoms with van der Waals surface area (Å²) in [6.45, 7) is 2.50. The van der Waals surface area contributed by atoms with Crippen molar-refractivity contribution in [3.05, 3.63) is 265 Å². The summed E-state index contributed by atoms with van der Waals surface area (Å²) >= 11 is 30.5. The zero-order valence-electron chi connectivity index (χ0n) is 67.5. The SMILES string of the molecule is C1CNC1.COC(=O)c1cc(Cl)c(OC)c(S(=O)(=O)Cl)c1.COC(=O)c1cc(Cl)c(OC)c(S(=O)(=O)Nc2cc(-c3ccccc3)ccc2OC)c1.COc1ccc(-c2ccccc2)cc1N.COc1ccc(-c2ccccc2)cc1NS(=O)(=O)c1cc(C(=O)O)cc(Cl)c1OC.O=C(O)c1cc(Cl)c(O)c(S(=O)(=O)Cl)c1.O=C(O)c1ccc(O)c(Cl)c1.O=S([O-])OCl. The van der Waals surface area contributed by atoms with E-state index in [0.717, 1.165) is 82.6 Å². The summed E-state index contributed by atoms with van der Waals surface area (Å²) < 4.78 is 163. The van der Waals surface area contributed by atoms with E-state index in [4.69, 9.17) is 138 Å². The third-order valence-corrected chi connectivity index (χ3v) is 23.8. The van der Waals surface area contributed by atoms with Gasteiger partial charge < -0.3 is 79.0 Å². The molecule has 1 saturated heterocycles. The summed E-state index contributed by atoms with van der Waals surface area (Å²) in [6, 6.07) is 57.2. The van der Waals surface area contributed by atoms with Crippen molar-refractivity contribution in [2.45, 2.75) is 26.0 Å². The third kappa shape index (κ3) is 31.6. The number of nitrogens with one attached hydrogen (secondary N) is 3. The number of aromatic hydroxyl groups is 2. The van der Waals surface area contributed by atoms with E-state index in [1.807, 2.05) is 103 Å². The van der Waals surface area contributed by atoms with Gasteiger partial charge in [0, 0.05) is 21.4 Å². The lowest BCUT2D eigenvalue weighted by Crippen LogP contribution is -2.29. The van der Waals surface area contributed by atoms with Gasteiger partial charge in [-0.2, -0.15) is 3.74 Å². The van der Waals surface area contributed by atoms with Crippen LogP contribution < -0.4 is 48.9 Å². The van der Waals surface area contributed by atoms with Crippen LogP contribution in [0.25, 0.3) is 33.4 Å². The Morgan fingerprint density at radius 1 is 0.398 bits per heavy atom. The van der Waals surface area contributed by atoms with Crippen molar-refractivity contribution in [3.8, 4) is 79.4 Å². The number of carboxylic acids is 3.